The summed E-state index contributed by atoms with van der Waals surface area (Å²) in [7, 11) is -4.42. The van der Waals surface area contributed by atoms with Crippen molar-refractivity contribution in [1.29, 1.82) is 0 Å². The van der Waals surface area contributed by atoms with Crippen LogP contribution in [0, 0.1) is 0 Å². The summed E-state index contributed by atoms with van der Waals surface area (Å²) in [5, 5.41) is 10.00. The molecule has 0 aromatic carbocycles. The van der Waals surface area contributed by atoms with Crippen LogP contribution in [-0.4, -0.2) is 61.6 Å². The minimum absolute atomic E-state index is 0.0914. The van der Waals surface area contributed by atoms with Crippen LogP contribution < -0.4 is 4.90 Å². The highest BCUT2D eigenvalue weighted by atomic mass is 32.3. The van der Waals surface area contributed by atoms with E-state index in [1.165, 1.54) is 115 Å². The molecule has 1 fully saturated rings. The van der Waals surface area contributed by atoms with E-state index in [2.05, 4.69) is 22.9 Å². The molecular weight excluding hydrogens is 452 g/mol. The number of hydrogen-bond donors (Lipinski definition) is 2. The minimum Gasteiger partial charge on any atom is -0.726 e. The molecule has 8 heteroatoms. The Bertz CT molecular complexity index is 545. The molecule has 2 N–H and O–H groups in total. The van der Waals surface area contributed by atoms with Gasteiger partial charge in [0.05, 0.1) is 19.7 Å². The fraction of sp³-hybridized carbons (Fsp3) is 1.00. The molecule has 0 bridgehead atoms. The highest BCUT2D eigenvalue weighted by Crippen LogP contribution is 2.15. The van der Waals surface area contributed by atoms with Crippen LogP contribution in [0.15, 0.2) is 0 Å². The first-order chi connectivity index (χ1) is 16.3. The molecule has 0 spiro atoms. The Morgan fingerprint density at radius 1 is 0.882 bits per heavy atom. The normalized spacial score (nSPS) is 19.7. The summed E-state index contributed by atoms with van der Waals surface area (Å²) in [6.07, 6.45) is 23.0. The zero-order valence-corrected chi connectivity index (χ0v) is 23.5. The molecule has 0 aromatic rings. The minimum atomic E-state index is -4.42. The smallest absolute Gasteiger partial charge is 0.217 e. The van der Waals surface area contributed by atoms with Gasteiger partial charge in [0.25, 0.3) is 0 Å². The van der Waals surface area contributed by atoms with Crippen molar-refractivity contribution in [2.45, 2.75) is 143 Å². The number of aliphatic hydroxyl groups is 1. The van der Waals surface area contributed by atoms with E-state index in [0.29, 0.717) is 6.17 Å². The number of likely N-dealkylation sites (N-methyl/N-ethyl adjacent to an activating group) is 1. The van der Waals surface area contributed by atoms with Crippen LogP contribution in [-0.2, 0) is 14.6 Å². The monoisotopic (exact) mass is 508 g/mol. The maximum Gasteiger partial charge on any atom is 0.217 e. The van der Waals surface area contributed by atoms with Crippen molar-refractivity contribution >= 4 is 10.4 Å². The fourth-order valence-corrected chi connectivity index (χ4v) is 5.21. The van der Waals surface area contributed by atoms with Gasteiger partial charge in [-0.25, -0.2) is 13.3 Å². The zero-order valence-electron chi connectivity index (χ0n) is 22.7. The van der Waals surface area contributed by atoms with Crippen molar-refractivity contribution in [2.24, 2.45) is 0 Å². The molecule has 34 heavy (non-hydrogen) atoms. The number of nitrogens with one attached hydrogen (secondary N) is 1. The van der Waals surface area contributed by atoms with Gasteiger partial charge < -0.3 is 9.66 Å². The average Bonchev–Trinajstić information content (AvgIpc) is 3.19. The van der Waals surface area contributed by atoms with E-state index in [-0.39, 0.29) is 12.8 Å². The molecule has 1 heterocycles. The Labute approximate surface area is 211 Å². The Balaban J connectivity index is 0.00000135. The highest BCUT2D eigenvalue weighted by molar-refractivity contribution is 7.80. The van der Waals surface area contributed by atoms with E-state index >= 15 is 0 Å². The molecule has 1 rings (SSSR count). The van der Waals surface area contributed by atoms with Crippen LogP contribution in [0.5, 0.6) is 0 Å². The van der Waals surface area contributed by atoms with Gasteiger partial charge >= 0.3 is 0 Å². The van der Waals surface area contributed by atoms with Crippen LogP contribution >= 0.6 is 0 Å². The van der Waals surface area contributed by atoms with Gasteiger partial charge in [-0.05, 0) is 13.3 Å². The first-order valence-corrected chi connectivity index (χ1v) is 15.5. The van der Waals surface area contributed by atoms with Gasteiger partial charge in [-0.3, -0.25) is 9.08 Å². The molecule has 206 valence electrons. The SMILES string of the molecule is CCCCCCCCCCCCCCCCCC1N(CC)CC[NH+]1C(C)O.CCOS(=O)(=O)[O-]. The molecule has 3 unspecified atom stereocenters. The highest BCUT2D eigenvalue weighted by Gasteiger charge is 2.36. The predicted molar refractivity (Wildman–Crippen MR) is 139 cm³/mol. The van der Waals surface area contributed by atoms with Gasteiger partial charge in [0.1, 0.15) is 6.17 Å². The van der Waals surface area contributed by atoms with Crippen molar-refractivity contribution in [1.82, 2.24) is 4.90 Å². The van der Waals surface area contributed by atoms with Crippen molar-refractivity contribution in [3.8, 4) is 0 Å². The first kappa shape index (κ1) is 33.8. The molecule has 1 saturated heterocycles. The van der Waals surface area contributed by atoms with E-state index in [0.717, 1.165) is 19.6 Å². The van der Waals surface area contributed by atoms with Crippen molar-refractivity contribution < 1.29 is 27.2 Å². The standard InChI is InChI=1S/C24H50N2O.C2H6O4S/c1-4-6-7-8-9-10-11-12-13-14-15-16-17-18-19-20-24-25(5-2)21-22-26(24)23(3)27;1-2-6-7(3,4)5/h23-24,27H,4-22H2,1-3H3;2H2,1H3,(H,3,4,5). The lowest BCUT2D eigenvalue weighted by molar-refractivity contribution is -0.962. The van der Waals surface area contributed by atoms with Crippen LogP contribution in [0.4, 0.5) is 0 Å². The lowest BCUT2D eigenvalue weighted by Gasteiger charge is -2.28. The van der Waals surface area contributed by atoms with Crippen LogP contribution in [0.3, 0.4) is 0 Å². The lowest BCUT2D eigenvalue weighted by atomic mass is 10.0. The van der Waals surface area contributed by atoms with Crippen LogP contribution in [0.2, 0.25) is 0 Å². The van der Waals surface area contributed by atoms with Crippen LogP contribution in [0.1, 0.15) is 130 Å². The predicted octanol–water partition coefficient (Wildman–Crippen LogP) is 4.62. The van der Waals surface area contributed by atoms with Gasteiger partial charge in [0.15, 0.2) is 6.23 Å². The van der Waals surface area contributed by atoms with E-state index in [1.807, 2.05) is 6.92 Å². The topological polar surface area (TPSA) is 94.3 Å². The van der Waals surface area contributed by atoms with Crippen molar-refractivity contribution in [3.05, 3.63) is 0 Å². The first-order valence-electron chi connectivity index (χ1n) is 14.1. The molecule has 1 aliphatic heterocycles. The second-order valence-corrected chi connectivity index (χ2v) is 10.8. The number of hydrogen-bond acceptors (Lipinski definition) is 6. The second-order valence-electron chi connectivity index (χ2n) is 9.70. The fourth-order valence-electron chi connectivity index (χ4n) is 4.92. The number of aliphatic hydroxyl groups excluding tert-OH is 1. The van der Waals surface area contributed by atoms with Crippen LogP contribution in [0.25, 0.3) is 0 Å². The molecule has 0 radical (unpaired) electrons. The number of rotatable bonds is 20. The van der Waals surface area contributed by atoms with E-state index in [9.17, 15) is 18.1 Å². The summed E-state index contributed by atoms with van der Waals surface area (Å²) in [6.45, 7) is 11.2. The van der Waals surface area contributed by atoms with E-state index < -0.39 is 10.4 Å². The van der Waals surface area contributed by atoms with Gasteiger partial charge in [-0.15, -0.1) is 0 Å². The van der Waals surface area contributed by atoms with E-state index in [1.54, 1.807) is 0 Å². The summed E-state index contributed by atoms with van der Waals surface area (Å²) < 4.78 is 32.0. The molecule has 7 nitrogen and oxygen atoms in total. The molecule has 0 saturated carbocycles. The molecule has 3 atom stereocenters. The number of unbranched alkanes of at least 4 members (excludes halogenated alkanes) is 14. The zero-order chi connectivity index (χ0) is 25.7. The summed E-state index contributed by atoms with van der Waals surface area (Å²) in [5.41, 5.74) is 0. The largest absolute Gasteiger partial charge is 0.726 e. The van der Waals surface area contributed by atoms with E-state index in [4.69, 9.17) is 0 Å². The van der Waals surface area contributed by atoms with Crippen molar-refractivity contribution in [3.63, 3.8) is 0 Å². The van der Waals surface area contributed by atoms with Gasteiger partial charge in [0.2, 0.25) is 10.4 Å². The van der Waals surface area contributed by atoms with Gasteiger partial charge in [-0.1, -0.05) is 104 Å². The third-order valence-corrected chi connectivity index (χ3v) is 7.37. The summed E-state index contributed by atoms with van der Waals surface area (Å²) in [5.74, 6) is 0. The number of nitrogens with zero attached hydrogens (tertiary/aromatic N) is 1. The number of quaternary nitrogens is 1. The Kier molecular flexibility index (Phi) is 21.8. The Morgan fingerprint density at radius 3 is 1.65 bits per heavy atom. The maximum atomic E-state index is 10.00. The molecule has 1 aliphatic rings. The third-order valence-electron chi connectivity index (χ3n) is 6.84. The Morgan fingerprint density at radius 2 is 1.32 bits per heavy atom. The average molecular weight is 509 g/mol. The van der Waals surface area contributed by atoms with Gasteiger partial charge in [0, 0.05) is 19.9 Å². The maximum absolute atomic E-state index is 10.00. The van der Waals surface area contributed by atoms with Gasteiger partial charge in [-0.2, -0.15) is 0 Å². The second kappa shape index (κ2) is 22.0. The Hall–Kier alpha value is -0.250. The lowest BCUT2D eigenvalue weighted by Crippen LogP contribution is -3.17. The quantitative estimate of drug-likeness (QED) is 0.142. The molecule has 0 aromatic heterocycles. The van der Waals surface area contributed by atoms with Crippen molar-refractivity contribution in [2.75, 3.05) is 26.2 Å². The summed E-state index contributed by atoms with van der Waals surface area (Å²) in [4.78, 5) is 3.95. The summed E-state index contributed by atoms with van der Waals surface area (Å²) in [6, 6.07) is 0. The molecule has 0 amide bonds. The molecular formula is C26H56N2O5S. The third kappa shape index (κ3) is 19.0. The summed E-state index contributed by atoms with van der Waals surface area (Å²) >= 11 is 0. The molecule has 0 aliphatic carbocycles.